The first-order chi connectivity index (χ1) is 12.1. The summed E-state index contributed by atoms with van der Waals surface area (Å²) in [5, 5.41) is 17.4. The van der Waals surface area contributed by atoms with Crippen molar-refractivity contribution in [3.63, 3.8) is 0 Å². The SMILES string of the molecule is Cn1cc(C(=O)NCC2CCN(C[C@H](O)CC3CCCC3)CC2)cn1. The predicted molar refractivity (Wildman–Crippen MR) is 97.3 cm³/mol. The Morgan fingerprint density at radius 2 is 2.00 bits per heavy atom. The van der Waals surface area contributed by atoms with Crippen LogP contribution >= 0.6 is 0 Å². The Morgan fingerprint density at radius 1 is 1.28 bits per heavy atom. The second-order valence-corrected chi connectivity index (χ2v) is 7.90. The number of rotatable bonds is 7. The number of likely N-dealkylation sites (tertiary alicyclic amines) is 1. The lowest BCUT2D eigenvalue weighted by atomic mass is 9.95. The van der Waals surface area contributed by atoms with Gasteiger partial charge in [0.2, 0.25) is 0 Å². The predicted octanol–water partition coefficient (Wildman–Crippen LogP) is 1.80. The maximum atomic E-state index is 12.1. The molecule has 0 radical (unpaired) electrons. The molecule has 2 heterocycles. The van der Waals surface area contributed by atoms with Crippen LogP contribution in [0.5, 0.6) is 0 Å². The molecule has 1 atom stereocenters. The lowest BCUT2D eigenvalue weighted by Gasteiger charge is -2.33. The molecular weight excluding hydrogens is 316 g/mol. The zero-order valence-electron chi connectivity index (χ0n) is 15.4. The third kappa shape index (κ3) is 5.54. The minimum atomic E-state index is -0.176. The Bertz CT molecular complexity index is 545. The fourth-order valence-electron chi connectivity index (χ4n) is 4.25. The number of aliphatic hydroxyl groups is 1. The molecule has 1 saturated heterocycles. The third-order valence-corrected chi connectivity index (χ3v) is 5.77. The molecule has 2 aliphatic rings. The average molecular weight is 348 g/mol. The molecule has 3 rings (SSSR count). The third-order valence-electron chi connectivity index (χ3n) is 5.77. The van der Waals surface area contributed by atoms with Crippen molar-refractivity contribution in [3.05, 3.63) is 18.0 Å². The first kappa shape index (κ1) is 18.4. The minimum Gasteiger partial charge on any atom is -0.392 e. The van der Waals surface area contributed by atoms with Crippen molar-refractivity contribution in [2.24, 2.45) is 18.9 Å². The van der Waals surface area contributed by atoms with E-state index in [4.69, 9.17) is 0 Å². The highest BCUT2D eigenvalue weighted by atomic mass is 16.3. The lowest BCUT2D eigenvalue weighted by molar-refractivity contribution is 0.0721. The van der Waals surface area contributed by atoms with Gasteiger partial charge in [-0.05, 0) is 44.2 Å². The van der Waals surface area contributed by atoms with Crippen molar-refractivity contribution in [2.45, 2.75) is 51.0 Å². The van der Waals surface area contributed by atoms with Gasteiger partial charge in [-0.3, -0.25) is 9.48 Å². The van der Waals surface area contributed by atoms with Gasteiger partial charge in [-0.1, -0.05) is 25.7 Å². The second-order valence-electron chi connectivity index (χ2n) is 7.90. The Balaban J connectivity index is 1.32. The molecular formula is C19H32N4O2. The van der Waals surface area contributed by atoms with E-state index in [0.717, 1.165) is 51.4 Å². The smallest absolute Gasteiger partial charge is 0.254 e. The topological polar surface area (TPSA) is 70.4 Å². The summed E-state index contributed by atoms with van der Waals surface area (Å²) in [5.74, 6) is 1.24. The monoisotopic (exact) mass is 348 g/mol. The van der Waals surface area contributed by atoms with Crippen LogP contribution in [0, 0.1) is 11.8 Å². The van der Waals surface area contributed by atoms with Gasteiger partial charge in [0.05, 0.1) is 17.9 Å². The maximum absolute atomic E-state index is 12.1. The number of hydrogen-bond acceptors (Lipinski definition) is 4. The van der Waals surface area contributed by atoms with Crippen LogP contribution in [0.2, 0.25) is 0 Å². The van der Waals surface area contributed by atoms with Crippen molar-refractivity contribution < 1.29 is 9.90 Å². The van der Waals surface area contributed by atoms with Crippen molar-refractivity contribution in [2.75, 3.05) is 26.2 Å². The van der Waals surface area contributed by atoms with E-state index in [1.807, 2.05) is 7.05 Å². The molecule has 0 spiro atoms. The molecule has 2 N–H and O–H groups in total. The van der Waals surface area contributed by atoms with Crippen LogP contribution in [-0.2, 0) is 7.05 Å². The normalized spacial score (nSPS) is 21.5. The maximum Gasteiger partial charge on any atom is 0.254 e. The summed E-state index contributed by atoms with van der Waals surface area (Å²) in [4.78, 5) is 14.5. The summed E-state index contributed by atoms with van der Waals surface area (Å²) in [6.07, 6.45) is 11.6. The zero-order chi connectivity index (χ0) is 17.6. The fourth-order valence-corrected chi connectivity index (χ4v) is 4.25. The van der Waals surface area contributed by atoms with Gasteiger partial charge in [-0.25, -0.2) is 0 Å². The fraction of sp³-hybridized carbons (Fsp3) is 0.789. The molecule has 1 aromatic rings. The van der Waals surface area contributed by atoms with Crippen LogP contribution in [0.25, 0.3) is 0 Å². The average Bonchev–Trinajstić information content (AvgIpc) is 3.25. The molecule has 140 valence electrons. The second kappa shape index (κ2) is 8.81. The van der Waals surface area contributed by atoms with E-state index >= 15 is 0 Å². The number of amides is 1. The molecule has 6 nitrogen and oxygen atoms in total. The number of hydrogen-bond donors (Lipinski definition) is 2. The van der Waals surface area contributed by atoms with Crippen molar-refractivity contribution in [1.29, 1.82) is 0 Å². The number of carbonyl (C=O) groups is 1. The van der Waals surface area contributed by atoms with Gasteiger partial charge in [0.1, 0.15) is 0 Å². The highest BCUT2D eigenvalue weighted by molar-refractivity contribution is 5.93. The van der Waals surface area contributed by atoms with E-state index in [0.29, 0.717) is 11.5 Å². The molecule has 6 heteroatoms. The summed E-state index contributed by atoms with van der Waals surface area (Å²) in [5.41, 5.74) is 0.620. The summed E-state index contributed by atoms with van der Waals surface area (Å²) >= 11 is 0. The number of β-amino-alcohol motifs (C(OH)–C–C–N with tert-alkyl or cyclic N) is 1. The van der Waals surface area contributed by atoms with Gasteiger partial charge in [0.25, 0.3) is 5.91 Å². The largest absolute Gasteiger partial charge is 0.392 e. The molecule has 1 saturated carbocycles. The van der Waals surface area contributed by atoms with Crippen molar-refractivity contribution in [1.82, 2.24) is 20.0 Å². The minimum absolute atomic E-state index is 0.0393. The number of aromatic nitrogens is 2. The number of nitrogens with zero attached hydrogens (tertiary/aromatic N) is 3. The standard InChI is InChI=1S/C19H32N4O2/c1-22-13-17(12-21-22)19(25)20-11-16-6-8-23(9-7-16)14-18(24)10-15-4-2-3-5-15/h12-13,15-16,18,24H,2-11,14H2,1H3,(H,20,25)/t18-/m1/s1. The Hall–Kier alpha value is -1.40. The number of carbonyl (C=O) groups excluding carboxylic acids is 1. The van der Waals surface area contributed by atoms with E-state index in [1.54, 1.807) is 17.1 Å². The van der Waals surface area contributed by atoms with Gasteiger partial charge in [-0.2, -0.15) is 5.10 Å². The van der Waals surface area contributed by atoms with Gasteiger partial charge in [0, 0.05) is 26.3 Å². The van der Waals surface area contributed by atoms with Crippen molar-refractivity contribution in [3.8, 4) is 0 Å². The molecule has 1 aliphatic heterocycles. The number of aliphatic hydroxyl groups excluding tert-OH is 1. The summed E-state index contributed by atoms with van der Waals surface area (Å²) in [6, 6.07) is 0. The van der Waals surface area contributed by atoms with E-state index in [1.165, 1.54) is 25.7 Å². The highest BCUT2D eigenvalue weighted by Crippen LogP contribution is 2.29. The van der Waals surface area contributed by atoms with Crippen LogP contribution in [-0.4, -0.2) is 58.0 Å². The van der Waals surface area contributed by atoms with E-state index < -0.39 is 0 Å². The highest BCUT2D eigenvalue weighted by Gasteiger charge is 2.24. The number of nitrogens with one attached hydrogen (secondary N) is 1. The molecule has 25 heavy (non-hydrogen) atoms. The van der Waals surface area contributed by atoms with Crippen LogP contribution in [0.15, 0.2) is 12.4 Å². The van der Waals surface area contributed by atoms with Crippen LogP contribution < -0.4 is 5.32 Å². The van der Waals surface area contributed by atoms with Crippen LogP contribution in [0.1, 0.15) is 55.3 Å². The molecule has 2 fully saturated rings. The van der Waals surface area contributed by atoms with E-state index in [-0.39, 0.29) is 12.0 Å². The zero-order valence-corrected chi connectivity index (χ0v) is 15.4. The lowest BCUT2D eigenvalue weighted by Crippen LogP contribution is -2.42. The first-order valence-electron chi connectivity index (χ1n) is 9.77. The molecule has 1 amide bonds. The molecule has 1 aromatic heterocycles. The van der Waals surface area contributed by atoms with Gasteiger partial charge in [0.15, 0.2) is 0 Å². The molecule has 1 aliphatic carbocycles. The van der Waals surface area contributed by atoms with E-state index in [2.05, 4.69) is 15.3 Å². The number of aryl methyl sites for hydroxylation is 1. The molecule has 0 aromatic carbocycles. The van der Waals surface area contributed by atoms with Gasteiger partial charge in [-0.15, -0.1) is 0 Å². The molecule has 0 unspecified atom stereocenters. The first-order valence-corrected chi connectivity index (χ1v) is 9.77. The Morgan fingerprint density at radius 3 is 2.64 bits per heavy atom. The van der Waals surface area contributed by atoms with Crippen LogP contribution in [0.4, 0.5) is 0 Å². The van der Waals surface area contributed by atoms with E-state index in [9.17, 15) is 9.90 Å². The quantitative estimate of drug-likeness (QED) is 0.788. The van der Waals surface area contributed by atoms with Crippen LogP contribution in [0.3, 0.4) is 0 Å². The number of piperidine rings is 1. The summed E-state index contributed by atoms with van der Waals surface area (Å²) in [7, 11) is 1.81. The Kier molecular flexibility index (Phi) is 6.48. The Labute approximate surface area is 150 Å². The molecule has 0 bridgehead atoms. The van der Waals surface area contributed by atoms with Gasteiger partial charge < -0.3 is 15.3 Å². The van der Waals surface area contributed by atoms with Gasteiger partial charge >= 0.3 is 0 Å². The van der Waals surface area contributed by atoms with Crippen molar-refractivity contribution >= 4 is 5.91 Å². The summed E-state index contributed by atoms with van der Waals surface area (Å²) in [6.45, 7) is 3.59. The summed E-state index contributed by atoms with van der Waals surface area (Å²) < 4.78 is 1.64.